The van der Waals surface area contributed by atoms with E-state index < -0.39 is 0 Å². The molecule has 0 spiro atoms. The Hall–Kier alpha value is -1.16. The monoisotopic (exact) mass is 152 g/mol. The van der Waals surface area contributed by atoms with E-state index in [9.17, 15) is 0 Å². The van der Waals surface area contributed by atoms with Crippen molar-refractivity contribution in [3.8, 4) is 0 Å². The predicted molar refractivity (Wildman–Crippen MR) is 43.8 cm³/mol. The first kappa shape index (κ1) is 7.94. The van der Waals surface area contributed by atoms with E-state index in [-0.39, 0.29) is 6.04 Å². The lowest BCUT2D eigenvalue weighted by Crippen LogP contribution is -2.09. The highest BCUT2D eigenvalue weighted by Crippen LogP contribution is 2.11. The Morgan fingerprint density at radius 1 is 1.55 bits per heavy atom. The Morgan fingerprint density at radius 2 is 2.18 bits per heavy atom. The van der Waals surface area contributed by atoms with Gasteiger partial charge in [-0.1, -0.05) is 0 Å². The highest BCUT2D eigenvalue weighted by atomic mass is 15.0. The third kappa shape index (κ3) is 1.65. The molecule has 0 saturated carbocycles. The average Bonchev–Trinajstić information content (AvgIpc) is 1.85. The maximum Gasteiger partial charge on any atom is 0.220 e. The van der Waals surface area contributed by atoms with Crippen LogP contribution < -0.4 is 11.5 Å². The van der Waals surface area contributed by atoms with Crippen molar-refractivity contribution in [2.45, 2.75) is 19.9 Å². The normalized spacial score (nSPS) is 13.0. The molecule has 4 N–H and O–H groups in total. The highest BCUT2D eigenvalue weighted by molar-refractivity contribution is 5.25. The Morgan fingerprint density at radius 3 is 2.64 bits per heavy atom. The molecule has 0 bridgehead atoms. The van der Waals surface area contributed by atoms with Crippen LogP contribution in [0.25, 0.3) is 0 Å². The second-order valence-corrected chi connectivity index (χ2v) is 2.56. The molecule has 0 unspecified atom stereocenters. The molecule has 1 aromatic heterocycles. The number of aromatic nitrogens is 2. The van der Waals surface area contributed by atoms with Gasteiger partial charge in [-0.25, -0.2) is 9.97 Å². The SMILES string of the molecule is Cc1nc(N)ncc1[C@H](C)N. The van der Waals surface area contributed by atoms with Crippen LogP contribution >= 0.6 is 0 Å². The first-order valence-electron chi connectivity index (χ1n) is 3.46. The van der Waals surface area contributed by atoms with Gasteiger partial charge >= 0.3 is 0 Å². The Labute approximate surface area is 65.6 Å². The van der Waals surface area contributed by atoms with Gasteiger partial charge in [-0.05, 0) is 13.8 Å². The molecule has 1 aromatic rings. The summed E-state index contributed by atoms with van der Waals surface area (Å²) in [6.45, 7) is 3.76. The van der Waals surface area contributed by atoms with E-state index in [1.807, 2.05) is 13.8 Å². The van der Waals surface area contributed by atoms with E-state index in [4.69, 9.17) is 11.5 Å². The number of nitrogens with two attached hydrogens (primary N) is 2. The van der Waals surface area contributed by atoms with Crippen molar-refractivity contribution in [1.29, 1.82) is 0 Å². The van der Waals surface area contributed by atoms with Gasteiger partial charge in [-0.2, -0.15) is 0 Å². The summed E-state index contributed by atoms with van der Waals surface area (Å²) in [6.07, 6.45) is 1.67. The molecule has 1 rings (SSSR count). The molecule has 0 aromatic carbocycles. The molecule has 4 heteroatoms. The quantitative estimate of drug-likeness (QED) is 0.610. The molecule has 4 nitrogen and oxygen atoms in total. The number of aryl methyl sites for hydroxylation is 1. The van der Waals surface area contributed by atoms with E-state index in [1.54, 1.807) is 6.20 Å². The van der Waals surface area contributed by atoms with Gasteiger partial charge in [0.2, 0.25) is 5.95 Å². The van der Waals surface area contributed by atoms with Gasteiger partial charge < -0.3 is 11.5 Å². The minimum atomic E-state index is -0.0319. The molecule has 0 radical (unpaired) electrons. The molecule has 1 heterocycles. The number of anilines is 1. The highest BCUT2D eigenvalue weighted by Gasteiger charge is 2.04. The number of nitrogens with zero attached hydrogens (tertiary/aromatic N) is 2. The van der Waals surface area contributed by atoms with Crippen molar-refractivity contribution in [2.24, 2.45) is 5.73 Å². The molecular weight excluding hydrogens is 140 g/mol. The third-order valence-corrected chi connectivity index (χ3v) is 1.53. The summed E-state index contributed by atoms with van der Waals surface area (Å²) in [7, 11) is 0. The topological polar surface area (TPSA) is 77.8 Å². The molecule has 60 valence electrons. The summed E-state index contributed by atoms with van der Waals surface area (Å²) in [4.78, 5) is 7.83. The zero-order valence-corrected chi connectivity index (χ0v) is 6.70. The van der Waals surface area contributed by atoms with Gasteiger partial charge in [0.15, 0.2) is 0 Å². The van der Waals surface area contributed by atoms with E-state index >= 15 is 0 Å². The summed E-state index contributed by atoms with van der Waals surface area (Å²) < 4.78 is 0. The van der Waals surface area contributed by atoms with Crippen molar-refractivity contribution >= 4 is 5.95 Å². The smallest absolute Gasteiger partial charge is 0.220 e. The lowest BCUT2D eigenvalue weighted by Gasteiger charge is -2.07. The largest absolute Gasteiger partial charge is 0.368 e. The first-order chi connectivity index (χ1) is 5.11. The van der Waals surface area contributed by atoms with Gasteiger partial charge in [0.1, 0.15) is 0 Å². The molecular formula is C7H12N4. The summed E-state index contributed by atoms with van der Waals surface area (Å²) >= 11 is 0. The summed E-state index contributed by atoms with van der Waals surface area (Å²) in [6, 6.07) is -0.0319. The summed E-state index contributed by atoms with van der Waals surface area (Å²) in [5.41, 5.74) is 12.8. The average molecular weight is 152 g/mol. The number of hydrogen-bond acceptors (Lipinski definition) is 4. The number of rotatable bonds is 1. The molecule has 0 fully saturated rings. The van der Waals surface area contributed by atoms with Crippen LogP contribution in [-0.4, -0.2) is 9.97 Å². The van der Waals surface area contributed by atoms with E-state index in [0.717, 1.165) is 11.3 Å². The number of nitrogen functional groups attached to an aromatic ring is 1. The lowest BCUT2D eigenvalue weighted by atomic mass is 10.1. The minimum absolute atomic E-state index is 0.0319. The molecule has 0 aliphatic heterocycles. The molecule has 1 atom stereocenters. The van der Waals surface area contributed by atoms with Crippen LogP contribution in [0.2, 0.25) is 0 Å². The van der Waals surface area contributed by atoms with Gasteiger partial charge in [0.05, 0.1) is 0 Å². The summed E-state index contributed by atoms with van der Waals surface area (Å²) in [5, 5.41) is 0. The van der Waals surface area contributed by atoms with Gasteiger partial charge in [-0.15, -0.1) is 0 Å². The maximum absolute atomic E-state index is 5.64. The first-order valence-corrected chi connectivity index (χ1v) is 3.46. The molecule has 11 heavy (non-hydrogen) atoms. The van der Waals surface area contributed by atoms with Crippen molar-refractivity contribution in [3.05, 3.63) is 17.5 Å². The van der Waals surface area contributed by atoms with Crippen LogP contribution in [0.3, 0.4) is 0 Å². The van der Waals surface area contributed by atoms with Crippen LogP contribution in [0.5, 0.6) is 0 Å². The number of hydrogen-bond donors (Lipinski definition) is 2. The van der Waals surface area contributed by atoms with Crippen LogP contribution in [0.15, 0.2) is 6.20 Å². The molecule has 0 aliphatic rings. The van der Waals surface area contributed by atoms with Crippen molar-refractivity contribution in [3.63, 3.8) is 0 Å². The Balaban J connectivity index is 3.09. The van der Waals surface area contributed by atoms with Gasteiger partial charge in [0, 0.05) is 23.5 Å². The van der Waals surface area contributed by atoms with E-state index in [1.165, 1.54) is 0 Å². The summed E-state index contributed by atoms with van der Waals surface area (Å²) in [5.74, 6) is 0.298. The Bertz CT molecular complexity index is 257. The fourth-order valence-electron chi connectivity index (χ4n) is 0.941. The molecule has 0 aliphatic carbocycles. The zero-order chi connectivity index (χ0) is 8.43. The van der Waals surface area contributed by atoms with Crippen LogP contribution in [0, 0.1) is 6.92 Å². The third-order valence-electron chi connectivity index (χ3n) is 1.53. The molecule has 0 saturated heterocycles. The van der Waals surface area contributed by atoms with Crippen molar-refractivity contribution in [1.82, 2.24) is 9.97 Å². The van der Waals surface area contributed by atoms with E-state index in [2.05, 4.69) is 9.97 Å². The second kappa shape index (κ2) is 2.84. The fourth-order valence-corrected chi connectivity index (χ4v) is 0.941. The van der Waals surface area contributed by atoms with Gasteiger partial charge in [-0.3, -0.25) is 0 Å². The van der Waals surface area contributed by atoms with Crippen LogP contribution in [0.4, 0.5) is 5.95 Å². The second-order valence-electron chi connectivity index (χ2n) is 2.56. The lowest BCUT2D eigenvalue weighted by molar-refractivity contribution is 0.791. The predicted octanol–water partition coefficient (Wildman–Crippen LogP) is 0.387. The van der Waals surface area contributed by atoms with Crippen molar-refractivity contribution < 1.29 is 0 Å². The minimum Gasteiger partial charge on any atom is -0.368 e. The molecule has 0 amide bonds. The Kier molecular flexibility index (Phi) is 2.05. The van der Waals surface area contributed by atoms with Crippen LogP contribution in [0.1, 0.15) is 24.2 Å². The maximum atomic E-state index is 5.64. The fraction of sp³-hybridized carbons (Fsp3) is 0.429. The van der Waals surface area contributed by atoms with Crippen LogP contribution in [-0.2, 0) is 0 Å². The van der Waals surface area contributed by atoms with Gasteiger partial charge in [0.25, 0.3) is 0 Å². The standard InChI is InChI=1S/C7H12N4/c1-4(8)6-3-10-7(9)11-5(6)2/h3-4H,8H2,1-2H3,(H2,9,10,11)/t4-/m0/s1. The van der Waals surface area contributed by atoms with Crippen molar-refractivity contribution in [2.75, 3.05) is 5.73 Å². The van der Waals surface area contributed by atoms with E-state index in [0.29, 0.717) is 5.95 Å². The zero-order valence-electron chi connectivity index (χ0n) is 6.70.